The molecule has 5 N–H and O–H groups in total. The highest BCUT2D eigenvalue weighted by Gasteiger charge is 2.19. The van der Waals surface area contributed by atoms with Gasteiger partial charge in [-0.3, -0.25) is 9.59 Å². The molecule has 0 aliphatic heterocycles. The zero-order chi connectivity index (χ0) is 25.3. The first-order valence-corrected chi connectivity index (χ1v) is 11.5. The zero-order valence-corrected chi connectivity index (χ0v) is 21.0. The number of nitrogens with one attached hydrogen (secondary N) is 3. The number of nitrogens with zero attached hydrogens (tertiary/aromatic N) is 3. The highest BCUT2D eigenvalue weighted by atomic mass is 16.2. The van der Waals surface area contributed by atoms with E-state index in [4.69, 9.17) is 5.73 Å². The molecule has 0 unspecified atom stereocenters. The van der Waals surface area contributed by atoms with Gasteiger partial charge in [-0.1, -0.05) is 18.2 Å². The quantitative estimate of drug-likeness (QED) is 0.279. The van der Waals surface area contributed by atoms with Gasteiger partial charge in [0, 0.05) is 31.4 Å². The van der Waals surface area contributed by atoms with Crippen LogP contribution in [0.4, 0.5) is 17.3 Å². The van der Waals surface area contributed by atoms with Crippen LogP contribution >= 0.6 is 0 Å². The van der Waals surface area contributed by atoms with Gasteiger partial charge in [-0.2, -0.15) is 0 Å². The third-order valence-corrected chi connectivity index (χ3v) is 5.32. The normalized spacial score (nSPS) is 12.1. The first-order valence-electron chi connectivity index (χ1n) is 11.5. The number of aryl methyl sites for hydroxylation is 1. The topological polar surface area (TPSA) is 125 Å². The summed E-state index contributed by atoms with van der Waals surface area (Å²) in [6.45, 7) is 11.1. The Hall–Kier alpha value is -3.46. The maximum atomic E-state index is 12.0. The summed E-state index contributed by atoms with van der Waals surface area (Å²) in [6, 6.07) is 8.16. The van der Waals surface area contributed by atoms with E-state index in [9.17, 15) is 9.59 Å². The summed E-state index contributed by atoms with van der Waals surface area (Å²) in [6.07, 6.45) is 4.03. The fourth-order valence-electron chi connectivity index (χ4n) is 3.33. The van der Waals surface area contributed by atoms with Gasteiger partial charge < -0.3 is 26.6 Å². The van der Waals surface area contributed by atoms with Crippen molar-refractivity contribution in [3.8, 4) is 0 Å². The Morgan fingerprint density at radius 1 is 1.21 bits per heavy atom. The van der Waals surface area contributed by atoms with E-state index in [-0.39, 0.29) is 23.7 Å². The van der Waals surface area contributed by atoms with Crippen molar-refractivity contribution in [1.29, 1.82) is 0 Å². The molecule has 9 heteroatoms. The molecule has 9 nitrogen and oxygen atoms in total. The first-order chi connectivity index (χ1) is 16.1. The van der Waals surface area contributed by atoms with Crippen LogP contribution in [0.1, 0.15) is 49.4 Å². The Balaban J connectivity index is 2.06. The molecule has 0 fully saturated rings. The number of carbonyl (C=O) groups is 2. The maximum Gasteiger partial charge on any atom is 0.271 e. The molecule has 1 aromatic heterocycles. The second kappa shape index (κ2) is 12.7. The Kier molecular flexibility index (Phi) is 10.0. The van der Waals surface area contributed by atoms with Crippen molar-refractivity contribution in [3.63, 3.8) is 0 Å². The van der Waals surface area contributed by atoms with Crippen LogP contribution in [-0.4, -0.2) is 54.0 Å². The molecule has 2 rings (SSSR count). The maximum absolute atomic E-state index is 12.0. The average molecular weight is 468 g/mol. The molecule has 1 aromatic carbocycles. The minimum atomic E-state index is -0.632. The Bertz CT molecular complexity index is 1020. The highest BCUT2D eigenvalue weighted by molar-refractivity contribution is 5.96. The van der Waals surface area contributed by atoms with Crippen LogP contribution in [-0.2, 0) is 11.2 Å². The van der Waals surface area contributed by atoms with Crippen LogP contribution in [0, 0.1) is 6.92 Å². The van der Waals surface area contributed by atoms with E-state index in [1.807, 2.05) is 57.0 Å². The molecular weight excluding hydrogens is 430 g/mol. The standard InChI is InChI=1S/C25H37N7O2/c1-7-9-21(33)28-17(4)15-27-13-12-19-10-8-11-20(14-19)30-24-22(23(26)34)29-18(5)25(31-24)32(6)16(2)3/h7-11,14,16-17,27H,12-13,15H2,1-6H3,(H2,26,34)(H,28,33)(H,30,31)/t17-/m0/s1. The summed E-state index contributed by atoms with van der Waals surface area (Å²) in [5.41, 5.74) is 8.24. The molecule has 0 radical (unpaired) electrons. The van der Waals surface area contributed by atoms with E-state index < -0.39 is 5.91 Å². The van der Waals surface area contributed by atoms with Gasteiger partial charge in [-0.25, -0.2) is 9.97 Å². The average Bonchev–Trinajstić information content (AvgIpc) is 2.77. The lowest BCUT2D eigenvalue weighted by atomic mass is 10.1. The number of anilines is 3. The molecule has 0 bridgehead atoms. The lowest BCUT2D eigenvalue weighted by molar-refractivity contribution is -0.117. The van der Waals surface area contributed by atoms with Crippen molar-refractivity contribution in [1.82, 2.24) is 20.6 Å². The fraction of sp³-hybridized carbons (Fsp3) is 0.440. The zero-order valence-electron chi connectivity index (χ0n) is 21.0. The van der Waals surface area contributed by atoms with Crippen molar-refractivity contribution in [2.24, 2.45) is 5.73 Å². The SMILES string of the molecule is CC=CC(=O)N[C@@H](C)CNCCc1cccc(Nc2nc(N(C)C(C)C)c(C)nc2C(N)=O)c1. The van der Waals surface area contributed by atoms with Gasteiger partial charge in [0.05, 0.1) is 5.69 Å². The van der Waals surface area contributed by atoms with Gasteiger partial charge in [0.2, 0.25) is 5.91 Å². The molecule has 2 amide bonds. The summed E-state index contributed by atoms with van der Waals surface area (Å²) in [5.74, 6) is 0.306. The number of rotatable bonds is 12. The Morgan fingerprint density at radius 2 is 1.94 bits per heavy atom. The molecule has 34 heavy (non-hydrogen) atoms. The smallest absolute Gasteiger partial charge is 0.271 e. The van der Waals surface area contributed by atoms with Crippen LogP contribution in [0.3, 0.4) is 0 Å². The third kappa shape index (κ3) is 7.84. The Labute approximate surface area is 202 Å². The van der Waals surface area contributed by atoms with E-state index in [0.717, 1.165) is 24.2 Å². The van der Waals surface area contributed by atoms with Gasteiger partial charge in [-0.05, 0) is 71.4 Å². The molecular formula is C25H37N7O2. The summed E-state index contributed by atoms with van der Waals surface area (Å²) in [5, 5.41) is 9.49. The van der Waals surface area contributed by atoms with E-state index in [1.165, 1.54) is 6.08 Å². The predicted molar refractivity (Wildman–Crippen MR) is 138 cm³/mol. The van der Waals surface area contributed by atoms with Crippen LogP contribution in [0.5, 0.6) is 0 Å². The van der Waals surface area contributed by atoms with E-state index in [0.29, 0.717) is 23.9 Å². The lowest BCUT2D eigenvalue weighted by Crippen LogP contribution is -2.39. The van der Waals surface area contributed by atoms with Crippen molar-refractivity contribution in [2.75, 3.05) is 30.4 Å². The number of aromatic nitrogens is 2. The van der Waals surface area contributed by atoms with Gasteiger partial charge in [0.25, 0.3) is 5.91 Å². The molecule has 0 saturated heterocycles. The molecule has 0 saturated carbocycles. The number of hydrogen-bond donors (Lipinski definition) is 4. The van der Waals surface area contributed by atoms with Crippen molar-refractivity contribution in [2.45, 2.75) is 53.1 Å². The molecule has 1 atom stereocenters. The number of benzene rings is 1. The van der Waals surface area contributed by atoms with E-state index >= 15 is 0 Å². The number of amides is 2. The Morgan fingerprint density at radius 3 is 2.59 bits per heavy atom. The van der Waals surface area contributed by atoms with Crippen molar-refractivity contribution < 1.29 is 9.59 Å². The number of primary amides is 1. The largest absolute Gasteiger partial charge is 0.364 e. The fourth-order valence-corrected chi connectivity index (χ4v) is 3.33. The minimum absolute atomic E-state index is 0.0298. The molecule has 0 spiro atoms. The minimum Gasteiger partial charge on any atom is -0.364 e. The van der Waals surface area contributed by atoms with Crippen LogP contribution < -0.4 is 26.6 Å². The number of allylic oxidation sites excluding steroid dienone is 1. The molecule has 0 aliphatic carbocycles. The van der Waals surface area contributed by atoms with Gasteiger partial charge in [0.15, 0.2) is 17.3 Å². The molecule has 2 aromatic rings. The van der Waals surface area contributed by atoms with Crippen molar-refractivity contribution >= 4 is 29.1 Å². The first kappa shape index (κ1) is 26.8. The van der Waals surface area contributed by atoms with Crippen LogP contribution in [0.15, 0.2) is 36.4 Å². The molecule has 1 heterocycles. The molecule has 0 aliphatic rings. The second-order valence-corrected chi connectivity index (χ2v) is 8.59. The lowest BCUT2D eigenvalue weighted by Gasteiger charge is -2.25. The van der Waals surface area contributed by atoms with E-state index in [1.54, 1.807) is 6.08 Å². The summed E-state index contributed by atoms with van der Waals surface area (Å²) < 4.78 is 0. The van der Waals surface area contributed by atoms with Crippen LogP contribution in [0.25, 0.3) is 0 Å². The monoisotopic (exact) mass is 467 g/mol. The van der Waals surface area contributed by atoms with Gasteiger partial charge >= 0.3 is 0 Å². The number of hydrogen-bond acceptors (Lipinski definition) is 7. The molecule has 184 valence electrons. The number of carbonyl (C=O) groups excluding carboxylic acids is 2. The summed E-state index contributed by atoms with van der Waals surface area (Å²) in [7, 11) is 1.94. The van der Waals surface area contributed by atoms with Gasteiger partial charge in [0.1, 0.15) is 0 Å². The van der Waals surface area contributed by atoms with Crippen molar-refractivity contribution in [3.05, 3.63) is 53.4 Å². The predicted octanol–water partition coefficient (Wildman–Crippen LogP) is 2.69. The summed E-state index contributed by atoms with van der Waals surface area (Å²) >= 11 is 0. The van der Waals surface area contributed by atoms with Gasteiger partial charge in [-0.15, -0.1) is 0 Å². The van der Waals surface area contributed by atoms with E-state index in [2.05, 4.69) is 39.8 Å². The third-order valence-electron chi connectivity index (χ3n) is 5.32. The second-order valence-electron chi connectivity index (χ2n) is 8.59. The summed E-state index contributed by atoms with van der Waals surface area (Å²) in [4.78, 5) is 34.7. The number of nitrogens with two attached hydrogens (primary N) is 1. The highest BCUT2D eigenvalue weighted by Crippen LogP contribution is 2.24. The van der Waals surface area contributed by atoms with Crippen LogP contribution in [0.2, 0.25) is 0 Å².